The largest absolute Gasteiger partial charge is 0.459 e. The number of ether oxygens (including phenoxy) is 2. The van der Waals surface area contributed by atoms with Gasteiger partial charge in [0.05, 0.1) is 0 Å². The Bertz CT molecular complexity index is 440. The molecule has 96 valence electrons. The van der Waals surface area contributed by atoms with Crippen molar-refractivity contribution in [3.05, 3.63) is 35.9 Å². The minimum atomic E-state index is -0.780. The summed E-state index contributed by atoms with van der Waals surface area (Å²) in [6.07, 6.45) is -0.356. The third-order valence-electron chi connectivity index (χ3n) is 3.13. The summed E-state index contributed by atoms with van der Waals surface area (Å²) in [5, 5.41) is 0. The van der Waals surface area contributed by atoms with Crippen LogP contribution < -0.4 is 0 Å². The van der Waals surface area contributed by atoms with E-state index in [2.05, 4.69) is 0 Å². The van der Waals surface area contributed by atoms with Gasteiger partial charge in [0.1, 0.15) is 6.10 Å². The first-order chi connectivity index (χ1) is 8.58. The maximum Gasteiger partial charge on any atom is 0.348 e. The minimum Gasteiger partial charge on any atom is -0.459 e. The molecule has 0 radical (unpaired) electrons. The first-order valence-electron chi connectivity index (χ1n) is 5.99. The molecule has 1 saturated heterocycles. The van der Waals surface area contributed by atoms with E-state index in [1.54, 1.807) is 0 Å². The molecule has 0 N–H and O–H groups in total. The first-order valence-corrected chi connectivity index (χ1v) is 5.99. The molecular formula is C14H16O4. The number of rotatable bonds is 3. The molecule has 0 aliphatic carbocycles. The topological polar surface area (TPSA) is 52.6 Å². The molecule has 1 aliphatic heterocycles. The lowest BCUT2D eigenvalue weighted by molar-refractivity contribution is -0.160. The van der Waals surface area contributed by atoms with Gasteiger partial charge >= 0.3 is 11.9 Å². The second-order valence-corrected chi connectivity index (χ2v) is 4.53. The highest BCUT2D eigenvalue weighted by molar-refractivity contribution is 5.80. The van der Waals surface area contributed by atoms with Crippen LogP contribution in [0.3, 0.4) is 0 Å². The SMILES string of the molecule is CC(=O)O[C@@H]1C(=O)O[C@H](C)[C@@H]1Cc1ccccc1. The molecule has 0 unspecified atom stereocenters. The van der Waals surface area contributed by atoms with Crippen LogP contribution in [-0.2, 0) is 25.5 Å². The summed E-state index contributed by atoms with van der Waals surface area (Å²) in [5.41, 5.74) is 1.10. The van der Waals surface area contributed by atoms with Crippen LogP contribution in [0, 0.1) is 5.92 Å². The average molecular weight is 248 g/mol. The van der Waals surface area contributed by atoms with Crippen LogP contribution in [0.5, 0.6) is 0 Å². The summed E-state index contributed by atoms with van der Waals surface area (Å²) in [4.78, 5) is 22.6. The summed E-state index contributed by atoms with van der Waals surface area (Å²) in [6, 6.07) is 9.80. The highest BCUT2D eigenvalue weighted by atomic mass is 16.6. The highest BCUT2D eigenvalue weighted by Crippen LogP contribution is 2.28. The fraction of sp³-hybridized carbons (Fsp3) is 0.429. The third-order valence-corrected chi connectivity index (χ3v) is 3.13. The molecular weight excluding hydrogens is 232 g/mol. The summed E-state index contributed by atoms with van der Waals surface area (Å²) in [7, 11) is 0. The fourth-order valence-corrected chi connectivity index (χ4v) is 2.23. The molecule has 4 nitrogen and oxygen atoms in total. The van der Waals surface area contributed by atoms with E-state index in [0.29, 0.717) is 6.42 Å². The van der Waals surface area contributed by atoms with Crippen molar-refractivity contribution in [2.24, 2.45) is 5.92 Å². The quantitative estimate of drug-likeness (QED) is 0.764. The highest BCUT2D eigenvalue weighted by Gasteiger charge is 2.44. The maximum absolute atomic E-state index is 11.6. The Hall–Kier alpha value is -1.84. The van der Waals surface area contributed by atoms with E-state index in [1.165, 1.54) is 6.92 Å². The van der Waals surface area contributed by atoms with Crippen LogP contribution in [0.15, 0.2) is 30.3 Å². The van der Waals surface area contributed by atoms with Crippen LogP contribution in [0.4, 0.5) is 0 Å². The van der Waals surface area contributed by atoms with Gasteiger partial charge in [0.15, 0.2) is 0 Å². The Balaban J connectivity index is 2.13. The maximum atomic E-state index is 11.6. The summed E-state index contributed by atoms with van der Waals surface area (Å²) >= 11 is 0. The Morgan fingerprint density at radius 2 is 2.00 bits per heavy atom. The minimum absolute atomic E-state index is 0.121. The fourth-order valence-electron chi connectivity index (χ4n) is 2.23. The third kappa shape index (κ3) is 2.70. The molecule has 1 aliphatic rings. The van der Waals surface area contributed by atoms with E-state index >= 15 is 0 Å². The number of benzene rings is 1. The second-order valence-electron chi connectivity index (χ2n) is 4.53. The Morgan fingerprint density at radius 3 is 2.61 bits per heavy atom. The summed E-state index contributed by atoms with van der Waals surface area (Å²) < 4.78 is 10.2. The smallest absolute Gasteiger partial charge is 0.348 e. The second kappa shape index (κ2) is 5.21. The van der Waals surface area contributed by atoms with Crippen molar-refractivity contribution in [2.45, 2.75) is 32.5 Å². The van der Waals surface area contributed by atoms with Gasteiger partial charge in [0, 0.05) is 12.8 Å². The van der Waals surface area contributed by atoms with Crippen LogP contribution in [0.2, 0.25) is 0 Å². The molecule has 3 atom stereocenters. The first kappa shape index (κ1) is 12.6. The van der Waals surface area contributed by atoms with Crippen LogP contribution in [-0.4, -0.2) is 24.1 Å². The van der Waals surface area contributed by atoms with Crippen LogP contribution >= 0.6 is 0 Å². The molecule has 2 rings (SSSR count). The van der Waals surface area contributed by atoms with Gasteiger partial charge < -0.3 is 9.47 Å². The van der Waals surface area contributed by atoms with Gasteiger partial charge in [-0.05, 0) is 18.9 Å². The lowest BCUT2D eigenvalue weighted by Crippen LogP contribution is -2.31. The molecule has 0 amide bonds. The average Bonchev–Trinajstić information content (AvgIpc) is 2.57. The number of hydrogen-bond donors (Lipinski definition) is 0. The molecule has 1 fully saturated rings. The molecule has 0 saturated carbocycles. The molecule has 0 aromatic heterocycles. The van der Waals surface area contributed by atoms with E-state index in [9.17, 15) is 9.59 Å². The molecule has 1 aromatic rings. The normalized spacial score (nSPS) is 26.8. The summed E-state index contributed by atoms with van der Waals surface area (Å²) in [5.74, 6) is -1.02. The molecule has 0 bridgehead atoms. The van der Waals surface area contributed by atoms with Crippen LogP contribution in [0.1, 0.15) is 19.4 Å². The van der Waals surface area contributed by atoms with Crippen molar-refractivity contribution in [3.63, 3.8) is 0 Å². The zero-order valence-electron chi connectivity index (χ0n) is 10.5. The predicted octanol–water partition coefficient (Wildman–Crippen LogP) is 1.72. The van der Waals surface area contributed by atoms with Gasteiger partial charge in [-0.3, -0.25) is 4.79 Å². The van der Waals surface area contributed by atoms with Crippen molar-refractivity contribution >= 4 is 11.9 Å². The van der Waals surface area contributed by atoms with E-state index in [4.69, 9.17) is 9.47 Å². The van der Waals surface area contributed by atoms with Crippen molar-refractivity contribution in [1.82, 2.24) is 0 Å². The van der Waals surface area contributed by atoms with Gasteiger partial charge in [0.2, 0.25) is 6.10 Å². The van der Waals surface area contributed by atoms with Crippen molar-refractivity contribution in [2.75, 3.05) is 0 Å². The van der Waals surface area contributed by atoms with Crippen LogP contribution in [0.25, 0.3) is 0 Å². The van der Waals surface area contributed by atoms with E-state index in [-0.39, 0.29) is 12.0 Å². The van der Waals surface area contributed by atoms with Crippen molar-refractivity contribution in [1.29, 1.82) is 0 Å². The molecule has 4 heteroatoms. The Morgan fingerprint density at radius 1 is 1.33 bits per heavy atom. The lowest BCUT2D eigenvalue weighted by atomic mass is 9.92. The number of cyclic esters (lactones) is 1. The Labute approximate surface area is 106 Å². The van der Waals surface area contributed by atoms with E-state index in [1.807, 2.05) is 37.3 Å². The standard InChI is InChI=1S/C14H16O4/c1-9-12(8-11-6-4-3-5-7-11)13(14(16)17-9)18-10(2)15/h3-7,9,12-13H,8H2,1-2H3/t9-,12+,13+/m1/s1. The molecule has 1 aromatic carbocycles. The Kier molecular flexibility index (Phi) is 3.65. The summed E-state index contributed by atoms with van der Waals surface area (Å²) in [6.45, 7) is 3.13. The molecule has 18 heavy (non-hydrogen) atoms. The number of esters is 2. The lowest BCUT2D eigenvalue weighted by Gasteiger charge is -2.18. The van der Waals surface area contributed by atoms with Gasteiger partial charge in [-0.25, -0.2) is 4.79 Å². The zero-order valence-corrected chi connectivity index (χ0v) is 10.5. The monoisotopic (exact) mass is 248 g/mol. The van der Waals surface area contributed by atoms with Gasteiger partial charge in [0.25, 0.3) is 0 Å². The molecule has 1 heterocycles. The number of carbonyl (C=O) groups excluding carboxylic acids is 2. The van der Waals surface area contributed by atoms with E-state index in [0.717, 1.165) is 5.56 Å². The van der Waals surface area contributed by atoms with Gasteiger partial charge in [-0.1, -0.05) is 30.3 Å². The number of carbonyl (C=O) groups is 2. The zero-order chi connectivity index (χ0) is 13.1. The van der Waals surface area contributed by atoms with Gasteiger partial charge in [-0.2, -0.15) is 0 Å². The van der Waals surface area contributed by atoms with Crippen molar-refractivity contribution < 1.29 is 19.1 Å². The number of hydrogen-bond acceptors (Lipinski definition) is 4. The molecule has 0 spiro atoms. The van der Waals surface area contributed by atoms with Gasteiger partial charge in [-0.15, -0.1) is 0 Å². The predicted molar refractivity (Wildman–Crippen MR) is 64.7 cm³/mol. The van der Waals surface area contributed by atoms with Crippen molar-refractivity contribution in [3.8, 4) is 0 Å². The van der Waals surface area contributed by atoms with E-state index < -0.39 is 18.0 Å².